The van der Waals surface area contributed by atoms with E-state index in [4.69, 9.17) is 5.41 Å². The van der Waals surface area contributed by atoms with Crippen LogP contribution in [0.3, 0.4) is 0 Å². The summed E-state index contributed by atoms with van der Waals surface area (Å²) in [5.41, 5.74) is 0. The lowest BCUT2D eigenvalue weighted by Gasteiger charge is -2.08. The summed E-state index contributed by atoms with van der Waals surface area (Å²) in [4.78, 5) is 3.79. The van der Waals surface area contributed by atoms with Gasteiger partial charge in [0.25, 0.3) is 0 Å². The Labute approximate surface area is 62.1 Å². The molecule has 10 heavy (non-hydrogen) atoms. The van der Waals surface area contributed by atoms with Crippen LogP contribution in [0.5, 0.6) is 0 Å². The normalized spacial score (nSPS) is 12.2. The molecule has 3 nitrogen and oxygen atoms in total. The number of nitrogens with one attached hydrogen (secondary N) is 2. The molecular formula is C7H15N3. The van der Waals surface area contributed by atoms with Crippen molar-refractivity contribution >= 4 is 6.01 Å². The average Bonchev–Trinajstić information content (AvgIpc) is 1.98. The second-order valence-electron chi connectivity index (χ2n) is 2.12. The Hall–Kier alpha value is -0.660. The molecule has 0 heterocycles. The Kier molecular flexibility index (Phi) is 6.03. The molecule has 2 N–H and O–H groups in total. The largest absolute Gasteiger partial charge is 0.295 e. The monoisotopic (exact) mass is 141 g/mol. The number of aliphatic imine (C=N–C) groups is 1. The van der Waals surface area contributed by atoms with Gasteiger partial charge >= 0.3 is 0 Å². The molecule has 3 heteroatoms. The highest BCUT2D eigenvalue weighted by Crippen LogP contribution is 1.90. The van der Waals surface area contributed by atoms with Crippen molar-refractivity contribution in [2.75, 3.05) is 6.54 Å². The van der Waals surface area contributed by atoms with Gasteiger partial charge in [0.15, 0.2) is 0 Å². The molecule has 0 aliphatic carbocycles. The maximum Gasteiger partial charge on any atom is 0.110 e. The van der Waals surface area contributed by atoms with E-state index < -0.39 is 0 Å². The Morgan fingerprint density at radius 3 is 2.70 bits per heavy atom. The molecule has 58 valence electrons. The van der Waals surface area contributed by atoms with E-state index in [2.05, 4.69) is 17.2 Å². The summed E-state index contributed by atoms with van der Waals surface area (Å²) in [6.07, 6.45) is 2.12. The molecule has 0 aliphatic rings. The molecule has 0 fully saturated rings. The molecule has 0 saturated carbocycles. The molecule has 1 atom stereocenters. The van der Waals surface area contributed by atoms with Crippen LogP contribution in [0.15, 0.2) is 4.99 Å². The van der Waals surface area contributed by atoms with Gasteiger partial charge in [-0.2, -0.15) is 0 Å². The van der Waals surface area contributed by atoms with Gasteiger partial charge in [-0.15, -0.1) is 0 Å². The minimum Gasteiger partial charge on any atom is -0.295 e. The first-order valence-electron chi connectivity index (χ1n) is 3.70. The van der Waals surface area contributed by atoms with Crippen molar-refractivity contribution < 1.29 is 0 Å². The van der Waals surface area contributed by atoms with Crippen LogP contribution in [-0.4, -0.2) is 18.7 Å². The number of rotatable bonds is 5. The highest BCUT2D eigenvalue weighted by Gasteiger charge is 1.98. The number of hydrogen-bond acceptors (Lipinski definition) is 3. The average molecular weight is 141 g/mol. The van der Waals surface area contributed by atoms with Gasteiger partial charge in [0.2, 0.25) is 0 Å². The third kappa shape index (κ3) is 4.24. The molecule has 0 amide bonds. The van der Waals surface area contributed by atoms with Crippen molar-refractivity contribution in [2.45, 2.75) is 32.9 Å². The zero-order valence-electron chi connectivity index (χ0n) is 6.65. The third-order valence-electron chi connectivity index (χ3n) is 1.24. The lowest BCUT2D eigenvalue weighted by Crippen LogP contribution is -2.26. The van der Waals surface area contributed by atoms with Crippen LogP contribution in [0.1, 0.15) is 26.7 Å². The molecule has 0 radical (unpaired) electrons. The highest BCUT2D eigenvalue weighted by molar-refractivity contribution is 5.36. The fraction of sp³-hybridized carbons (Fsp3) is 0.857. The van der Waals surface area contributed by atoms with Crippen molar-refractivity contribution in [3.8, 4) is 0 Å². The summed E-state index contributed by atoms with van der Waals surface area (Å²) in [5, 5.41) is 9.79. The summed E-state index contributed by atoms with van der Waals surface area (Å²) in [7, 11) is 0. The molecule has 1 unspecified atom stereocenters. The van der Waals surface area contributed by atoms with E-state index in [0.29, 0.717) is 0 Å². The van der Waals surface area contributed by atoms with E-state index in [0.717, 1.165) is 19.4 Å². The van der Waals surface area contributed by atoms with Crippen LogP contribution < -0.4 is 5.32 Å². The molecule has 0 spiro atoms. The first-order valence-corrected chi connectivity index (χ1v) is 3.70. The summed E-state index contributed by atoms with van der Waals surface area (Å²) in [5.74, 6) is 0. The standard InChI is InChI=1S/C7H15N3/c1-3-5-9-7(4-2)10-6-8/h7-9H,3-5H2,1-2H3. The predicted molar refractivity (Wildman–Crippen MR) is 42.5 cm³/mol. The second kappa shape index (κ2) is 6.46. The maximum atomic E-state index is 6.62. The Morgan fingerprint density at radius 2 is 2.30 bits per heavy atom. The SMILES string of the molecule is CCCNC(CC)N=C=N. The summed E-state index contributed by atoms with van der Waals surface area (Å²) in [6, 6.07) is 2.04. The molecule has 0 saturated heterocycles. The predicted octanol–water partition coefficient (Wildman–Crippen LogP) is 1.47. The Morgan fingerprint density at radius 1 is 1.60 bits per heavy atom. The van der Waals surface area contributed by atoms with Crippen LogP contribution >= 0.6 is 0 Å². The lowest BCUT2D eigenvalue weighted by molar-refractivity contribution is 0.517. The Bertz CT molecular complexity index is 116. The molecule has 0 rings (SSSR count). The van der Waals surface area contributed by atoms with Crippen molar-refractivity contribution in [1.82, 2.24) is 5.32 Å². The highest BCUT2D eigenvalue weighted by atomic mass is 15.1. The fourth-order valence-electron chi connectivity index (χ4n) is 0.670. The molecule has 0 aliphatic heterocycles. The van der Waals surface area contributed by atoms with E-state index in [9.17, 15) is 0 Å². The first-order chi connectivity index (χ1) is 4.85. The van der Waals surface area contributed by atoms with Crippen molar-refractivity contribution in [3.63, 3.8) is 0 Å². The van der Waals surface area contributed by atoms with Crippen molar-refractivity contribution in [1.29, 1.82) is 5.41 Å². The van der Waals surface area contributed by atoms with Crippen LogP contribution in [0.4, 0.5) is 0 Å². The van der Waals surface area contributed by atoms with Gasteiger partial charge in [-0.05, 0) is 19.4 Å². The Balaban J connectivity index is 3.49. The topological polar surface area (TPSA) is 48.2 Å². The summed E-state index contributed by atoms with van der Waals surface area (Å²) < 4.78 is 0. The molecular weight excluding hydrogens is 126 g/mol. The van der Waals surface area contributed by atoms with Gasteiger partial charge in [-0.3, -0.25) is 5.32 Å². The van der Waals surface area contributed by atoms with Gasteiger partial charge in [0.1, 0.15) is 6.17 Å². The first kappa shape index (κ1) is 9.34. The van der Waals surface area contributed by atoms with Crippen molar-refractivity contribution in [3.05, 3.63) is 0 Å². The van der Waals surface area contributed by atoms with Gasteiger partial charge in [-0.1, -0.05) is 13.8 Å². The third-order valence-corrected chi connectivity index (χ3v) is 1.24. The molecule has 0 aromatic heterocycles. The number of hydrogen-bond donors (Lipinski definition) is 2. The van der Waals surface area contributed by atoms with Crippen LogP contribution in [0, 0.1) is 5.41 Å². The minimum absolute atomic E-state index is 0.0949. The van der Waals surface area contributed by atoms with E-state index in [1.807, 2.05) is 12.9 Å². The second-order valence-corrected chi connectivity index (χ2v) is 2.12. The van der Waals surface area contributed by atoms with E-state index in [1.165, 1.54) is 0 Å². The van der Waals surface area contributed by atoms with E-state index >= 15 is 0 Å². The maximum absolute atomic E-state index is 6.62. The smallest absolute Gasteiger partial charge is 0.110 e. The van der Waals surface area contributed by atoms with Crippen LogP contribution in [0.25, 0.3) is 0 Å². The van der Waals surface area contributed by atoms with Crippen LogP contribution in [-0.2, 0) is 0 Å². The van der Waals surface area contributed by atoms with Gasteiger partial charge < -0.3 is 0 Å². The fourth-order valence-corrected chi connectivity index (χ4v) is 0.670. The summed E-state index contributed by atoms with van der Waals surface area (Å²) >= 11 is 0. The molecule has 0 aromatic carbocycles. The minimum atomic E-state index is 0.0949. The van der Waals surface area contributed by atoms with Gasteiger partial charge in [-0.25, -0.2) is 10.4 Å². The summed E-state index contributed by atoms with van der Waals surface area (Å²) in [6.45, 7) is 5.10. The van der Waals surface area contributed by atoms with Gasteiger partial charge in [0, 0.05) is 0 Å². The van der Waals surface area contributed by atoms with E-state index in [1.54, 1.807) is 0 Å². The zero-order chi connectivity index (χ0) is 7.82. The van der Waals surface area contributed by atoms with Crippen molar-refractivity contribution in [2.24, 2.45) is 4.99 Å². The number of nitrogens with zero attached hydrogens (tertiary/aromatic N) is 1. The molecule has 0 aromatic rings. The zero-order valence-corrected chi connectivity index (χ0v) is 6.65. The lowest BCUT2D eigenvalue weighted by atomic mass is 10.3. The quantitative estimate of drug-likeness (QED) is 0.560. The van der Waals surface area contributed by atoms with E-state index in [-0.39, 0.29) is 6.17 Å². The van der Waals surface area contributed by atoms with Gasteiger partial charge in [0.05, 0.1) is 6.01 Å². The molecule has 0 bridgehead atoms. The van der Waals surface area contributed by atoms with Crippen LogP contribution in [0.2, 0.25) is 0 Å².